The van der Waals surface area contributed by atoms with Gasteiger partial charge in [0.2, 0.25) is 0 Å². The minimum atomic E-state index is -0.417. The van der Waals surface area contributed by atoms with Crippen molar-refractivity contribution < 1.29 is 9.84 Å². The fourth-order valence-corrected chi connectivity index (χ4v) is 6.22. The van der Waals surface area contributed by atoms with Crippen LogP contribution in [-0.4, -0.2) is 28.8 Å². The summed E-state index contributed by atoms with van der Waals surface area (Å²) < 4.78 is 7.70. The number of rotatable bonds is 2. The summed E-state index contributed by atoms with van der Waals surface area (Å²) in [5, 5.41) is 10.7. The van der Waals surface area contributed by atoms with E-state index in [-0.39, 0.29) is 11.5 Å². The van der Waals surface area contributed by atoms with Gasteiger partial charge in [-0.1, -0.05) is 11.6 Å². The first-order valence-electron chi connectivity index (χ1n) is 6.94. The summed E-state index contributed by atoms with van der Waals surface area (Å²) in [7, 11) is 0. The third-order valence-electron chi connectivity index (χ3n) is 4.34. The van der Waals surface area contributed by atoms with Crippen molar-refractivity contribution in [2.45, 2.75) is 37.4 Å². The van der Waals surface area contributed by atoms with Crippen molar-refractivity contribution in [3.8, 4) is 0 Å². The molecule has 0 saturated carbocycles. The monoisotopic (exact) mass is 396 g/mol. The maximum Gasteiger partial charge on any atom is 0.107 e. The van der Waals surface area contributed by atoms with Crippen LogP contribution in [-0.2, 0) is 4.74 Å². The van der Waals surface area contributed by atoms with Crippen LogP contribution in [0.5, 0.6) is 0 Å². The molecule has 2 fully saturated rings. The van der Waals surface area contributed by atoms with Crippen LogP contribution < -0.4 is 0 Å². The lowest BCUT2D eigenvalue weighted by molar-refractivity contribution is -0.120. The number of aliphatic hydroxyl groups is 1. The van der Waals surface area contributed by atoms with E-state index in [1.165, 1.54) is 22.8 Å². The highest BCUT2D eigenvalue weighted by Crippen LogP contribution is 2.45. The first-order valence-corrected chi connectivity index (χ1v) is 10.1. The fourth-order valence-electron chi connectivity index (χ4n) is 3.17. The van der Waals surface area contributed by atoms with Gasteiger partial charge < -0.3 is 9.84 Å². The molecule has 2 aliphatic heterocycles. The molecule has 2 atom stereocenters. The molecule has 1 spiro atoms. The van der Waals surface area contributed by atoms with E-state index in [9.17, 15) is 5.11 Å². The van der Waals surface area contributed by atoms with Gasteiger partial charge in [-0.2, -0.15) is 11.8 Å². The summed E-state index contributed by atoms with van der Waals surface area (Å²) in [6, 6.07) is 1.95. The third-order valence-corrected chi connectivity index (χ3v) is 7.87. The molecule has 0 amide bonds. The van der Waals surface area contributed by atoms with E-state index in [0.717, 1.165) is 46.0 Å². The second-order valence-electron chi connectivity index (χ2n) is 5.61. The molecule has 2 nitrogen and oxygen atoms in total. The quantitative estimate of drug-likeness (QED) is 0.770. The molecule has 6 heteroatoms. The van der Waals surface area contributed by atoms with Crippen molar-refractivity contribution in [2.75, 3.05) is 18.1 Å². The first kappa shape index (κ1) is 15.6. The smallest absolute Gasteiger partial charge is 0.107 e. The van der Waals surface area contributed by atoms with Gasteiger partial charge >= 0.3 is 0 Å². The molecular formula is C14H18BrClO2S2. The Morgan fingerprint density at radius 1 is 1.45 bits per heavy atom. The molecule has 0 radical (unpaired) electrons. The highest BCUT2D eigenvalue weighted by molar-refractivity contribution is 9.10. The van der Waals surface area contributed by atoms with Crippen molar-refractivity contribution in [3.05, 3.63) is 19.8 Å². The zero-order valence-corrected chi connectivity index (χ0v) is 15.1. The van der Waals surface area contributed by atoms with Gasteiger partial charge in [-0.3, -0.25) is 0 Å². The Kier molecular flexibility index (Phi) is 5.05. The minimum absolute atomic E-state index is 0.0213. The molecular weight excluding hydrogens is 380 g/mol. The lowest BCUT2D eigenvalue weighted by atomic mass is 9.79. The summed E-state index contributed by atoms with van der Waals surface area (Å²) >= 11 is 13.0. The average molecular weight is 398 g/mol. The van der Waals surface area contributed by atoms with Crippen LogP contribution in [0.15, 0.2) is 10.5 Å². The first-order chi connectivity index (χ1) is 9.60. The average Bonchev–Trinajstić information content (AvgIpc) is 2.79. The number of hydrogen-bond acceptors (Lipinski definition) is 4. The lowest BCUT2D eigenvalue weighted by Gasteiger charge is -2.44. The van der Waals surface area contributed by atoms with E-state index in [4.69, 9.17) is 16.3 Å². The Hall–Kier alpha value is 0.740. The molecule has 1 N–H and O–H groups in total. The summed E-state index contributed by atoms with van der Waals surface area (Å²) in [6.45, 7) is 0.771. The number of halogens is 2. The van der Waals surface area contributed by atoms with Crippen molar-refractivity contribution in [1.82, 2.24) is 0 Å². The molecule has 0 aromatic carbocycles. The van der Waals surface area contributed by atoms with E-state index in [1.807, 2.05) is 17.8 Å². The number of thioether (sulfide) groups is 1. The van der Waals surface area contributed by atoms with Crippen LogP contribution in [0.3, 0.4) is 0 Å². The lowest BCUT2D eigenvalue weighted by Crippen LogP contribution is -2.44. The van der Waals surface area contributed by atoms with Crippen molar-refractivity contribution in [3.63, 3.8) is 0 Å². The van der Waals surface area contributed by atoms with E-state index >= 15 is 0 Å². The summed E-state index contributed by atoms with van der Waals surface area (Å²) in [4.78, 5) is 0.967. The van der Waals surface area contributed by atoms with Crippen LogP contribution in [0.25, 0.3) is 0 Å². The van der Waals surface area contributed by atoms with Crippen LogP contribution in [0.2, 0.25) is 4.34 Å². The molecule has 2 aliphatic rings. The Morgan fingerprint density at radius 2 is 2.20 bits per heavy atom. The Labute approximate surface area is 141 Å². The normalized spacial score (nSPS) is 27.6. The molecule has 3 rings (SSSR count). The molecule has 2 unspecified atom stereocenters. The van der Waals surface area contributed by atoms with Crippen LogP contribution >= 0.6 is 50.6 Å². The zero-order chi connectivity index (χ0) is 14.2. The molecule has 2 saturated heterocycles. The van der Waals surface area contributed by atoms with E-state index in [0.29, 0.717) is 0 Å². The Balaban J connectivity index is 1.72. The van der Waals surface area contributed by atoms with E-state index in [1.54, 1.807) is 0 Å². The molecule has 0 aliphatic carbocycles. The van der Waals surface area contributed by atoms with Crippen molar-refractivity contribution >= 4 is 50.6 Å². The summed E-state index contributed by atoms with van der Waals surface area (Å²) in [6.07, 6.45) is 3.73. The van der Waals surface area contributed by atoms with E-state index in [2.05, 4.69) is 15.9 Å². The van der Waals surface area contributed by atoms with Gasteiger partial charge in [0, 0.05) is 16.0 Å². The molecule has 1 aromatic rings. The number of hydrogen-bond donors (Lipinski definition) is 1. The summed E-state index contributed by atoms with van der Waals surface area (Å²) in [5.41, 5.74) is 0.0213. The molecule has 1 aromatic heterocycles. The van der Waals surface area contributed by atoms with Gasteiger partial charge in [-0.05, 0) is 65.1 Å². The summed E-state index contributed by atoms with van der Waals surface area (Å²) in [5.74, 6) is 2.65. The third kappa shape index (κ3) is 3.23. The largest absolute Gasteiger partial charge is 0.387 e. The van der Waals surface area contributed by atoms with Gasteiger partial charge in [0.25, 0.3) is 0 Å². The fraction of sp³-hybridized carbons (Fsp3) is 0.714. The maximum atomic E-state index is 10.7. The van der Waals surface area contributed by atoms with Gasteiger partial charge in [0.15, 0.2) is 0 Å². The predicted molar refractivity (Wildman–Crippen MR) is 90.0 cm³/mol. The van der Waals surface area contributed by atoms with Crippen molar-refractivity contribution in [1.29, 1.82) is 0 Å². The van der Waals surface area contributed by atoms with Gasteiger partial charge in [0.05, 0.1) is 11.7 Å². The second kappa shape index (κ2) is 6.47. The van der Waals surface area contributed by atoms with Crippen LogP contribution in [0.1, 0.15) is 36.7 Å². The molecule has 0 bridgehead atoms. The van der Waals surface area contributed by atoms with Crippen molar-refractivity contribution in [2.24, 2.45) is 5.92 Å². The highest BCUT2D eigenvalue weighted by Gasteiger charge is 2.41. The number of thiophene rings is 1. The minimum Gasteiger partial charge on any atom is -0.387 e. The number of aliphatic hydroxyl groups excluding tert-OH is 1. The standard InChI is InChI=1S/C14H18BrClO2S2/c15-10-7-11(20-13(10)16)12(17)9-1-4-18-14(8-9)2-5-19-6-3-14/h7,9,12,17H,1-6,8H2. The van der Waals surface area contributed by atoms with Gasteiger partial charge in [0.1, 0.15) is 4.34 Å². The molecule has 112 valence electrons. The Bertz CT molecular complexity index is 449. The number of ether oxygens (including phenoxy) is 1. The highest BCUT2D eigenvalue weighted by atomic mass is 79.9. The topological polar surface area (TPSA) is 29.5 Å². The zero-order valence-electron chi connectivity index (χ0n) is 11.1. The van der Waals surface area contributed by atoms with Crippen LogP contribution in [0, 0.1) is 5.92 Å². The molecule has 3 heterocycles. The van der Waals surface area contributed by atoms with E-state index < -0.39 is 6.10 Å². The maximum absolute atomic E-state index is 10.7. The SMILES string of the molecule is OC(c1cc(Br)c(Cl)s1)C1CCOC2(CCSCC2)C1. The van der Waals surface area contributed by atoms with Gasteiger partial charge in [-0.15, -0.1) is 11.3 Å². The Morgan fingerprint density at radius 3 is 2.85 bits per heavy atom. The van der Waals surface area contributed by atoms with Gasteiger partial charge in [-0.25, -0.2) is 0 Å². The second-order valence-corrected chi connectivity index (χ2v) is 9.38. The predicted octanol–water partition coefficient (Wildman–Crippen LogP) is 4.89. The van der Waals surface area contributed by atoms with Crippen LogP contribution in [0.4, 0.5) is 0 Å². The molecule has 20 heavy (non-hydrogen) atoms.